The largest absolute Gasteiger partial charge is 0.478 e. The SMILES string of the molecule is Cc1nc2cc(C(=O)O)ccc2n1CCCC(C)C. The minimum absolute atomic E-state index is 0.291. The standard InChI is InChI=1S/C15H20N2O2/c1-10(2)5-4-8-17-11(3)16-13-9-12(15(18)19)6-7-14(13)17/h6-7,9-10H,4-5,8H2,1-3H3,(H,18,19). The van der Waals surface area contributed by atoms with Crippen molar-refractivity contribution in [2.75, 3.05) is 0 Å². The van der Waals surface area contributed by atoms with E-state index in [0.29, 0.717) is 11.5 Å². The Bertz CT molecular complexity index is 599. The third-order valence-electron chi connectivity index (χ3n) is 3.35. The molecule has 0 fully saturated rings. The molecule has 2 rings (SSSR count). The number of fused-ring (bicyclic) bond motifs is 1. The van der Waals surface area contributed by atoms with E-state index in [-0.39, 0.29) is 0 Å². The quantitative estimate of drug-likeness (QED) is 0.895. The lowest BCUT2D eigenvalue weighted by Gasteiger charge is -2.08. The van der Waals surface area contributed by atoms with Crippen LogP contribution >= 0.6 is 0 Å². The van der Waals surface area contributed by atoms with Gasteiger partial charge in [-0.25, -0.2) is 9.78 Å². The second kappa shape index (κ2) is 5.43. The molecule has 0 radical (unpaired) electrons. The summed E-state index contributed by atoms with van der Waals surface area (Å²) in [6.45, 7) is 7.35. The van der Waals surface area contributed by atoms with E-state index in [4.69, 9.17) is 5.11 Å². The normalized spacial score (nSPS) is 11.4. The first-order valence-electron chi connectivity index (χ1n) is 6.69. The molecule has 0 unspecified atom stereocenters. The molecular formula is C15H20N2O2. The predicted octanol–water partition coefficient (Wildman–Crippen LogP) is 3.48. The number of aromatic nitrogens is 2. The van der Waals surface area contributed by atoms with Crippen molar-refractivity contribution in [1.29, 1.82) is 0 Å². The number of benzene rings is 1. The van der Waals surface area contributed by atoms with E-state index in [1.54, 1.807) is 12.1 Å². The van der Waals surface area contributed by atoms with Gasteiger partial charge in [-0.05, 0) is 43.9 Å². The van der Waals surface area contributed by atoms with Crippen LogP contribution in [0.25, 0.3) is 11.0 Å². The molecule has 1 aromatic heterocycles. The van der Waals surface area contributed by atoms with Crippen molar-refractivity contribution in [3.8, 4) is 0 Å². The van der Waals surface area contributed by atoms with E-state index in [1.165, 1.54) is 6.42 Å². The van der Waals surface area contributed by atoms with Gasteiger partial charge in [0, 0.05) is 6.54 Å². The minimum atomic E-state index is -0.908. The van der Waals surface area contributed by atoms with Gasteiger partial charge in [-0.2, -0.15) is 0 Å². The fourth-order valence-corrected chi connectivity index (χ4v) is 2.32. The predicted molar refractivity (Wildman–Crippen MR) is 75.5 cm³/mol. The topological polar surface area (TPSA) is 55.1 Å². The number of nitrogens with zero attached hydrogens (tertiary/aromatic N) is 2. The summed E-state index contributed by atoms with van der Waals surface area (Å²) in [7, 11) is 0. The fraction of sp³-hybridized carbons (Fsp3) is 0.467. The lowest BCUT2D eigenvalue weighted by molar-refractivity contribution is 0.0697. The molecule has 0 aliphatic carbocycles. The number of rotatable bonds is 5. The van der Waals surface area contributed by atoms with Crippen molar-refractivity contribution in [2.45, 2.75) is 40.2 Å². The first-order chi connectivity index (χ1) is 8.99. The van der Waals surface area contributed by atoms with Gasteiger partial charge in [0.05, 0.1) is 16.6 Å². The maximum atomic E-state index is 10.9. The molecule has 0 saturated carbocycles. The van der Waals surface area contributed by atoms with Crippen LogP contribution in [0.2, 0.25) is 0 Å². The number of carbonyl (C=O) groups is 1. The van der Waals surface area contributed by atoms with Gasteiger partial charge in [0.15, 0.2) is 0 Å². The molecule has 1 heterocycles. The van der Waals surface area contributed by atoms with Crippen molar-refractivity contribution in [3.63, 3.8) is 0 Å². The molecule has 4 heteroatoms. The zero-order chi connectivity index (χ0) is 14.0. The Hall–Kier alpha value is -1.84. The van der Waals surface area contributed by atoms with Crippen LogP contribution in [0.4, 0.5) is 0 Å². The average molecular weight is 260 g/mol. The van der Waals surface area contributed by atoms with Gasteiger partial charge >= 0.3 is 5.97 Å². The Labute approximate surface area is 113 Å². The zero-order valence-electron chi connectivity index (χ0n) is 11.7. The second-order valence-electron chi connectivity index (χ2n) is 5.36. The highest BCUT2D eigenvalue weighted by molar-refractivity contribution is 5.92. The second-order valence-corrected chi connectivity index (χ2v) is 5.36. The zero-order valence-corrected chi connectivity index (χ0v) is 11.7. The lowest BCUT2D eigenvalue weighted by atomic mass is 10.1. The van der Waals surface area contributed by atoms with Crippen LogP contribution in [-0.2, 0) is 6.54 Å². The molecule has 4 nitrogen and oxygen atoms in total. The van der Waals surface area contributed by atoms with E-state index in [9.17, 15) is 4.79 Å². The number of hydrogen-bond donors (Lipinski definition) is 1. The molecule has 1 aromatic carbocycles. The lowest BCUT2D eigenvalue weighted by Crippen LogP contribution is -2.02. The van der Waals surface area contributed by atoms with E-state index < -0.39 is 5.97 Å². The third kappa shape index (κ3) is 2.95. The molecule has 0 spiro atoms. The first kappa shape index (κ1) is 13.6. The van der Waals surface area contributed by atoms with Crippen molar-refractivity contribution in [3.05, 3.63) is 29.6 Å². The summed E-state index contributed by atoms with van der Waals surface area (Å²) in [5.74, 6) is 0.740. The monoisotopic (exact) mass is 260 g/mol. The minimum Gasteiger partial charge on any atom is -0.478 e. The van der Waals surface area contributed by atoms with Crippen LogP contribution in [0.5, 0.6) is 0 Å². The first-order valence-corrected chi connectivity index (χ1v) is 6.69. The molecule has 0 amide bonds. The molecule has 0 saturated heterocycles. The Morgan fingerprint density at radius 3 is 2.79 bits per heavy atom. The highest BCUT2D eigenvalue weighted by atomic mass is 16.4. The van der Waals surface area contributed by atoms with E-state index >= 15 is 0 Å². The number of carboxylic acid groups (broad SMARTS) is 1. The van der Waals surface area contributed by atoms with Gasteiger partial charge < -0.3 is 9.67 Å². The molecule has 19 heavy (non-hydrogen) atoms. The average Bonchev–Trinajstić information content (AvgIpc) is 2.64. The van der Waals surface area contributed by atoms with Crippen LogP contribution in [0.15, 0.2) is 18.2 Å². The Balaban J connectivity index is 2.29. The van der Waals surface area contributed by atoms with Crippen molar-refractivity contribution < 1.29 is 9.90 Å². The maximum absolute atomic E-state index is 10.9. The van der Waals surface area contributed by atoms with Gasteiger partial charge in [-0.15, -0.1) is 0 Å². The molecule has 1 N–H and O–H groups in total. The summed E-state index contributed by atoms with van der Waals surface area (Å²) in [5, 5.41) is 8.99. The summed E-state index contributed by atoms with van der Waals surface area (Å²) in [4.78, 5) is 15.4. The van der Waals surface area contributed by atoms with E-state index in [2.05, 4.69) is 23.4 Å². The number of aryl methyl sites for hydroxylation is 2. The maximum Gasteiger partial charge on any atom is 0.335 e. The highest BCUT2D eigenvalue weighted by Gasteiger charge is 2.10. The summed E-state index contributed by atoms with van der Waals surface area (Å²) < 4.78 is 2.17. The van der Waals surface area contributed by atoms with Gasteiger partial charge in [-0.1, -0.05) is 13.8 Å². The van der Waals surface area contributed by atoms with Crippen molar-refractivity contribution in [2.24, 2.45) is 5.92 Å². The van der Waals surface area contributed by atoms with Crippen LogP contribution in [0, 0.1) is 12.8 Å². The van der Waals surface area contributed by atoms with E-state index in [0.717, 1.165) is 29.8 Å². The number of imidazole rings is 1. The fourth-order valence-electron chi connectivity index (χ4n) is 2.32. The summed E-state index contributed by atoms with van der Waals surface area (Å²) in [6.07, 6.45) is 2.30. The van der Waals surface area contributed by atoms with Crippen molar-refractivity contribution >= 4 is 17.0 Å². The van der Waals surface area contributed by atoms with Crippen LogP contribution in [0.1, 0.15) is 42.9 Å². The van der Waals surface area contributed by atoms with Gasteiger partial charge in [-0.3, -0.25) is 0 Å². The summed E-state index contributed by atoms with van der Waals surface area (Å²) in [5.41, 5.74) is 2.08. The molecule has 2 aromatic rings. The number of hydrogen-bond acceptors (Lipinski definition) is 2. The van der Waals surface area contributed by atoms with Crippen molar-refractivity contribution in [1.82, 2.24) is 9.55 Å². The summed E-state index contributed by atoms with van der Waals surface area (Å²) in [6, 6.07) is 5.14. The molecule has 0 bridgehead atoms. The molecule has 0 atom stereocenters. The third-order valence-corrected chi connectivity index (χ3v) is 3.35. The Morgan fingerprint density at radius 1 is 1.42 bits per heavy atom. The molecule has 0 aliphatic rings. The molecule has 102 valence electrons. The van der Waals surface area contributed by atoms with Crippen LogP contribution in [0.3, 0.4) is 0 Å². The van der Waals surface area contributed by atoms with Crippen LogP contribution < -0.4 is 0 Å². The Kier molecular flexibility index (Phi) is 3.88. The number of aromatic carboxylic acids is 1. The van der Waals surface area contributed by atoms with Gasteiger partial charge in [0.25, 0.3) is 0 Å². The van der Waals surface area contributed by atoms with Crippen LogP contribution in [-0.4, -0.2) is 20.6 Å². The van der Waals surface area contributed by atoms with Gasteiger partial charge in [0.2, 0.25) is 0 Å². The number of carboxylic acids is 1. The summed E-state index contributed by atoms with van der Waals surface area (Å²) >= 11 is 0. The highest BCUT2D eigenvalue weighted by Crippen LogP contribution is 2.19. The Morgan fingerprint density at radius 2 is 2.16 bits per heavy atom. The van der Waals surface area contributed by atoms with Gasteiger partial charge in [0.1, 0.15) is 5.82 Å². The molecular weight excluding hydrogens is 240 g/mol. The van der Waals surface area contributed by atoms with E-state index in [1.807, 2.05) is 13.0 Å². The smallest absolute Gasteiger partial charge is 0.335 e. The molecule has 0 aliphatic heterocycles.